The van der Waals surface area contributed by atoms with Gasteiger partial charge < -0.3 is 10.2 Å². The van der Waals surface area contributed by atoms with Crippen molar-refractivity contribution in [2.24, 2.45) is 5.41 Å². The van der Waals surface area contributed by atoms with Crippen LogP contribution in [0.5, 0.6) is 0 Å². The first-order valence-corrected chi connectivity index (χ1v) is 7.89. The summed E-state index contributed by atoms with van der Waals surface area (Å²) in [4.78, 5) is 3.98. The van der Waals surface area contributed by atoms with Crippen LogP contribution in [-0.4, -0.2) is 38.6 Å². The number of hydrogen-bond donors (Lipinski definition) is 1. The van der Waals surface area contributed by atoms with Crippen LogP contribution < -0.4 is 5.32 Å². The third kappa shape index (κ3) is 4.71. The van der Waals surface area contributed by atoms with E-state index in [0.29, 0.717) is 5.41 Å². The number of thiophene rings is 1. The Morgan fingerprint density at radius 2 is 2.06 bits per heavy atom. The van der Waals surface area contributed by atoms with Gasteiger partial charge in [-0.3, -0.25) is 0 Å². The second-order valence-electron chi connectivity index (χ2n) is 5.30. The monoisotopic (exact) mass is 268 g/mol. The van der Waals surface area contributed by atoms with Crippen molar-refractivity contribution in [1.29, 1.82) is 0 Å². The average molecular weight is 268 g/mol. The van der Waals surface area contributed by atoms with Crippen molar-refractivity contribution in [3.05, 3.63) is 22.4 Å². The van der Waals surface area contributed by atoms with Crippen LogP contribution >= 0.6 is 11.3 Å². The van der Waals surface area contributed by atoms with Gasteiger partial charge in [-0.25, -0.2) is 0 Å². The smallest absolute Gasteiger partial charge is 0.00579 e. The summed E-state index contributed by atoms with van der Waals surface area (Å²) in [6.45, 7) is 8.09. The van der Waals surface area contributed by atoms with Crippen LogP contribution in [0.1, 0.15) is 31.6 Å². The Morgan fingerprint density at radius 1 is 1.33 bits per heavy atom. The Bertz CT molecular complexity index is 304. The van der Waals surface area contributed by atoms with Crippen molar-refractivity contribution < 1.29 is 0 Å². The second-order valence-corrected chi connectivity index (χ2v) is 6.34. The van der Waals surface area contributed by atoms with E-state index >= 15 is 0 Å². The lowest BCUT2D eigenvalue weighted by atomic mass is 9.81. The molecule has 0 aliphatic carbocycles. The number of rotatable bonds is 9. The van der Waals surface area contributed by atoms with Crippen molar-refractivity contribution >= 4 is 11.3 Å². The molecule has 0 spiro atoms. The van der Waals surface area contributed by atoms with Crippen LogP contribution in [0, 0.1) is 5.41 Å². The van der Waals surface area contributed by atoms with E-state index in [1.54, 1.807) is 0 Å². The van der Waals surface area contributed by atoms with Gasteiger partial charge in [-0.1, -0.05) is 19.9 Å². The van der Waals surface area contributed by atoms with E-state index in [-0.39, 0.29) is 0 Å². The van der Waals surface area contributed by atoms with Crippen molar-refractivity contribution in [2.45, 2.75) is 33.1 Å². The number of nitrogens with zero attached hydrogens (tertiary/aromatic N) is 1. The van der Waals surface area contributed by atoms with E-state index in [1.807, 2.05) is 11.3 Å². The Hall–Kier alpha value is -0.380. The number of nitrogens with one attached hydrogen (secondary N) is 1. The van der Waals surface area contributed by atoms with E-state index in [1.165, 1.54) is 30.7 Å². The summed E-state index contributed by atoms with van der Waals surface area (Å²) >= 11 is 1.87. The van der Waals surface area contributed by atoms with E-state index in [4.69, 9.17) is 0 Å². The minimum absolute atomic E-state index is 0.430. The molecule has 0 fully saturated rings. The molecule has 2 nitrogen and oxygen atoms in total. The highest BCUT2D eigenvalue weighted by Gasteiger charge is 2.26. The molecule has 0 radical (unpaired) electrons. The molecule has 0 saturated carbocycles. The summed E-state index contributed by atoms with van der Waals surface area (Å²) in [6, 6.07) is 4.38. The zero-order valence-electron chi connectivity index (χ0n) is 12.3. The molecule has 0 aliphatic rings. The number of hydrogen-bond acceptors (Lipinski definition) is 3. The minimum Gasteiger partial charge on any atom is -0.319 e. The van der Waals surface area contributed by atoms with E-state index in [2.05, 4.69) is 55.7 Å². The van der Waals surface area contributed by atoms with Crippen LogP contribution in [0.15, 0.2) is 17.5 Å². The molecule has 104 valence electrons. The third-order valence-corrected chi connectivity index (χ3v) is 4.91. The van der Waals surface area contributed by atoms with Gasteiger partial charge in [0.05, 0.1) is 0 Å². The zero-order valence-corrected chi connectivity index (χ0v) is 13.1. The summed E-state index contributed by atoms with van der Waals surface area (Å²) in [7, 11) is 4.31. The molecule has 3 heteroatoms. The van der Waals surface area contributed by atoms with E-state index in [0.717, 1.165) is 13.1 Å². The molecular weight excluding hydrogens is 240 g/mol. The van der Waals surface area contributed by atoms with Crippen LogP contribution in [-0.2, 0) is 6.42 Å². The molecule has 1 rings (SSSR count). The maximum atomic E-state index is 3.36. The molecule has 0 unspecified atom stereocenters. The fraction of sp³-hybridized carbons (Fsp3) is 0.733. The van der Waals surface area contributed by atoms with Gasteiger partial charge >= 0.3 is 0 Å². The van der Waals surface area contributed by atoms with Crippen LogP contribution in [0.25, 0.3) is 0 Å². The predicted molar refractivity (Wildman–Crippen MR) is 82.5 cm³/mol. The first kappa shape index (κ1) is 15.7. The highest BCUT2D eigenvalue weighted by atomic mass is 32.1. The molecule has 1 N–H and O–H groups in total. The normalized spacial score (nSPS) is 12.3. The lowest BCUT2D eigenvalue weighted by Crippen LogP contribution is -2.42. The fourth-order valence-electron chi connectivity index (χ4n) is 2.56. The molecule has 0 saturated heterocycles. The second kappa shape index (κ2) is 7.93. The highest BCUT2D eigenvalue weighted by Crippen LogP contribution is 2.26. The highest BCUT2D eigenvalue weighted by molar-refractivity contribution is 7.09. The average Bonchev–Trinajstić information content (AvgIpc) is 2.89. The summed E-state index contributed by atoms with van der Waals surface area (Å²) in [5.74, 6) is 0. The fourth-order valence-corrected chi connectivity index (χ4v) is 3.26. The van der Waals surface area contributed by atoms with Crippen molar-refractivity contribution in [2.75, 3.05) is 33.7 Å². The molecular formula is C15H28N2S. The lowest BCUT2D eigenvalue weighted by Gasteiger charge is -2.35. The van der Waals surface area contributed by atoms with E-state index in [9.17, 15) is 0 Å². The van der Waals surface area contributed by atoms with Gasteiger partial charge in [0.15, 0.2) is 0 Å². The van der Waals surface area contributed by atoms with Gasteiger partial charge in [0.1, 0.15) is 0 Å². The first-order chi connectivity index (χ1) is 8.65. The number of likely N-dealkylation sites (N-methyl/N-ethyl adjacent to an activating group) is 1. The van der Waals surface area contributed by atoms with Crippen molar-refractivity contribution in [3.63, 3.8) is 0 Å². The molecule has 0 aromatic carbocycles. The molecule has 0 amide bonds. The maximum Gasteiger partial charge on any atom is 0.00579 e. The molecule has 0 bridgehead atoms. The Kier molecular flexibility index (Phi) is 6.90. The molecule has 1 heterocycles. The SMILES string of the molecule is CCC(CC)(CNC)CN(C)CCc1cccs1. The van der Waals surface area contributed by atoms with Crippen molar-refractivity contribution in [1.82, 2.24) is 10.2 Å². The molecule has 1 aromatic heterocycles. The van der Waals surface area contributed by atoms with Gasteiger partial charge in [-0.15, -0.1) is 11.3 Å². The summed E-state index contributed by atoms with van der Waals surface area (Å²) in [5.41, 5.74) is 0.430. The van der Waals surface area contributed by atoms with E-state index < -0.39 is 0 Å². The van der Waals surface area contributed by atoms with Gasteiger partial charge in [0, 0.05) is 24.5 Å². The molecule has 1 aromatic rings. The first-order valence-electron chi connectivity index (χ1n) is 7.01. The van der Waals surface area contributed by atoms with Gasteiger partial charge in [-0.05, 0) is 50.2 Å². The van der Waals surface area contributed by atoms with Crippen LogP contribution in [0.3, 0.4) is 0 Å². The molecule has 0 aliphatic heterocycles. The summed E-state index contributed by atoms with van der Waals surface area (Å²) in [6.07, 6.45) is 3.67. The van der Waals surface area contributed by atoms with Gasteiger partial charge in [-0.2, -0.15) is 0 Å². The largest absolute Gasteiger partial charge is 0.319 e. The Morgan fingerprint density at radius 3 is 2.56 bits per heavy atom. The Labute approximate surface area is 116 Å². The topological polar surface area (TPSA) is 15.3 Å². The standard InChI is InChI=1S/C15H28N2S/c1-5-15(6-2,12-16-3)13-17(4)10-9-14-8-7-11-18-14/h7-8,11,16H,5-6,9-10,12-13H2,1-4H3. The van der Waals surface area contributed by atoms with Gasteiger partial charge in [0.2, 0.25) is 0 Å². The third-order valence-electron chi connectivity index (χ3n) is 3.98. The molecule has 0 atom stereocenters. The predicted octanol–water partition coefficient (Wildman–Crippen LogP) is 3.25. The zero-order chi connectivity index (χ0) is 13.4. The van der Waals surface area contributed by atoms with Crippen LogP contribution in [0.4, 0.5) is 0 Å². The maximum absolute atomic E-state index is 3.36. The summed E-state index contributed by atoms with van der Waals surface area (Å²) < 4.78 is 0. The quantitative estimate of drug-likeness (QED) is 0.739. The Balaban J connectivity index is 2.43. The van der Waals surface area contributed by atoms with Crippen molar-refractivity contribution in [3.8, 4) is 0 Å². The molecule has 18 heavy (non-hydrogen) atoms. The lowest BCUT2D eigenvalue weighted by molar-refractivity contribution is 0.159. The van der Waals surface area contributed by atoms with Crippen LogP contribution in [0.2, 0.25) is 0 Å². The summed E-state index contributed by atoms with van der Waals surface area (Å²) in [5, 5.41) is 5.53. The minimum atomic E-state index is 0.430. The van der Waals surface area contributed by atoms with Gasteiger partial charge in [0.25, 0.3) is 0 Å².